The maximum absolute atomic E-state index is 12.5. The molecule has 1 heterocycles. The van der Waals surface area contributed by atoms with E-state index in [1.165, 1.54) is 13.3 Å². The van der Waals surface area contributed by atoms with Crippen LogP contribution in [-0.2, 0) is 4.74 Å². The van der Waals surface area contributed by atoms with Gasteiger partial charge in [0.2, 0.25) is 0 Å². The summed E-state index contributed by atoms with van der Waals surface area (Å²) in [5.41, 5.74) is 3.29. The Morgan fingerprint density at radius 2 is 1.82 bits per heavy atom. The predicted molar refractivity (Wildman–Crippen MR) is 109 cm³/mol. The van der Waals surface area contributed by atoms with Crippen molar-refractivity contribution in [3.05, 3.63) is 82.6 Å². The number of esters is 1. The zero-order valence-electron chi connectivity index (χ0n) is 15.3. The first kappa shape index (κ1) is 19.4. The maximum Gasteiger partial charge on any atom is 0.339 e. The molecule has 6 nitrogen and oxygen atoms in total. The van der Waals surface area contributed by atoms with E-state index in [0.29, 0.717) is 27.6 Å². The first-order valence-electron chi connectivity index (χ1n) is 8.46. The van der Waals surface area contributed by atoms with Crippen LogP contribution in [0.2, 0.25) is 5.02 Å². The van der Waals surface area contributed by atoms with Gasteiger partial charge in [-0.3, -0.25) is 9.78 Å². The van der Waals surface area contributed by atoms with Crippen LogP contribution in [-0.4, -0.2) is 24.0 Å². The summed E-state index contributed by atoms with van der Waals surface area (Å²) in [5, 5.41) is 6.46. The lowest BCUT2D eigenvalue weighted by molar-refractivity contribution is 0.0601. The van der Waals surface area contributed by atoms with E-state index in [4.69, 9.17) is 16.3 Å². The van der Waals surface area contributed by atoms with Crippen LogP contribution in [0.3, 0.4) is 0 Å². The van der Waals surface area contributed by atoms with E-state index in [2.05, 4.69) is 15.6 Å². The van der Waals surface area contributed by atoms with E-state index in [9.17, 15) is 9.59 Å². The van der Waals surface area contributed by atoms with E-state index in [1.807, 2.05) is 13.0 Å². The Hall–Kier alpha value is -3.38. The molecular formula is C21H18ClN3O3. The second-order valence-electron chi connectivity index (χ2n) is 6.01. The molecule has 0 spiro atoms. The lowest BCUT2D eigenvalue weighted by atomic mass is 10.1. The number of aromatic nitrogens is 1. The molecule has 2 aromatic carbocycles. The largest absolute Gasteiger partial charge is 0.465 e. The van der Waals surface area contributed by atoms with Crippen molar-refractivity contribution >= 4 is 40.5 Å². The Morgan fingerprint density at radius 3 is 2.57 bits per heavy atom. The van der Waals surface area contributed by atoms with Crippen LogP contribution < -0.4 is 10.6 Å². The van der Waals surface area contributed by atoms with Crippen LogP contribution >= 0.6 is 11.6 Å². The van der Waals surface area contributed by atoms with Crippen molar-refractivity contribution < 1.29 is 14.3 Å². The van der Waals surface area contributed by atoms with E-state index in [0.717, 1.165) is 5.56 Å². The molecule has 0 bridgehead atoms. The van der Waals surface area contributed by atoms with Crippen molar-refractivity contribution in [3.63, 3.8) is 0 Å². The zero-order chi connectivity index (χ0) is 20.1. The first-order valence-corrected chi connectivity index (χ1v) is 8.83. The van der Waals surface area contributed by atoms with Crippen LogP contribution in [0.5, 0.6) is 0 Å². The molecule has 2 N–H and O–H groups in total. The van der Waals surface area contributed by atoms with Crippen molar-refractivity contribution in [2.45, 2.75) is 6.92 Å². The minimum atomic E-state index is -0.452. The highest BCUT2D eigenvalue weighted by Gasteiger charge is 2.13. The number of benzene rings is 2. The van der Waals surface area contributed by atoms with Crippen LogP contribution in [0, 0.1) is 6.92 Å². The van der Waals surface area contributed by atoms with Crippen molar-refractivity contribution in [1.82, 2.24) is 4.98 Å². The van der Waals surface area contributed by atoms with Crippen LogP contribution in [0.4, 0.5) is 17.1 Å². The Labute approximate surface area is 167 Å². The number of nitrogens with zero attached hydrogens (tertiary/aromatic N) is 1. The van der Waals surface area contributed by atoms with Gasteiger partial charge in [-0.25, -0.2) is 4.79 Å². The maximum atomic E-state index is 12.5. The third-order valence-corrected chi connectivity index (χ3v) is 4.44. The number of hydrogen-bond acceptors (Lipinski definition) is 5. The number of nitrogens with one attached hydrogen (secondary N) is 2. The van der Waals surface area contributed by atoms with Gasteiger partial charge in [0, 0.05) is 22.6 Å². The van der Waals surface area contributed by atoms with Gasteiger partial charge in [0.15, 0.2) is 0 Å². The van der Waals surface area contributed by atoms with Crippen LogP contribution in [0.25, 0.3) is 0 Å². The molecule has 0 fully saturated rings. The molecule has 28 heavy (non-hydrogen) atoms. The number of anilines is 3. The number of methoxy groups -OCH3 is 1. The zero-order valence-corrected chi connectivity index (χ0v) is 16.1. The summed E-state index contributed by atoms with van der Waals surface area (Å²) in [6.45, 7) is 1.89. The Morgan fingerprint density at radius 1 is 1.04 bits per heavy atom. The number of pyridine rings is 1. The number of ether oxygens (including phenoxy) is 1. The third kappa shape index (κ3) is 4.47. The minimum absolute atomic E-state index is 0.220. The smallest absolute Gasteiger partial charge is 0.339 e. The third-order valence-electron chi connectivity index (χ3n) is 4.03. The molecular weight excluding hydrogens is 378 g/mol. The van der Waals surface area contributed by atoms with E-state index < -0.39 is 5.97 Å². The summed E-state index contributed by atoms with van der Waals surface area (Å²) in [4.78, 5) is 28.5. The van der Waals surface area contributed by atoms with Gasteiger partial charge >= 0.3 is 5.97 Å². The number of carbonyl (C=O) groups excluding carboxylic acids is 2. The van der Waals surface area contributed by atoms with Gasteiger partial charge in [0.05, 0.1) is 18.4 Å². The molecule has 3 rings (SSSR count). The van der Waals surface area contributed by atoms with E-state index >= 15 is 0 Å². The van der Waals surface area contributed by atoms with E-state index in [1.54, 1.807) is 48.5 Å². The van der Waals surface area contributed by atoms with Gasteiger partial charge in [-0.1, -0.05) is 29.8 Å². The summed E-state index contributed by atoms with van der Waals surface area (Å²) >= 11 is 6.10. The molecule has 3 aromatic rings. The number of hydrogen-bond donors (Lipinski definition) is 2. The van der Waals surface area contributed by atoms with Gasteiger partial charge in [0.1, 0.15) is 5.69 Å². The second-order valence-corrected chi connectivity index (χ2v) is 6.42. The molecule has 0 aliphatic carbocycles. The summed E-state index contributed by atoms with van der Waals surface area (Å²) < 4.78 is 4.79. The fourth-order valence-electron chi connectivity index (χ4n) is 2.53. The fraction of sp³-hybridized carbons (Fsp3) is 0.0952. The molecule has 0 saturated carbocycles. The number of carbonyl (C=O) groups is 2. The summed E-state index contributed by atoms with van der Waals surface area (Å²) in [6, 6.07) is 15.5. The number of rotatable bonds is 5. The lowest BCUT2D eigenvalue weighted by Gasteiger charge is -2.12. The van der Waals surface area contributed by atoms with Crippen molar-refractivity contribution in [2.75, 3.05) is 17.7 Å². The molecule has 1 amide bonds. The molecule has 7 heteroatoms. The average Bonchev–Trinajstić information content (AvgIpc) is 2.71. The van der Waals surface area contributed by atoms with Gasteiger partial charge in [-0.05, 0) is 48.9 Å². The highest BCUT2D eigenvalue weighted by molar-refractivity contribution is 6.31. The van der Waals surface area contributed by atoms with Crippen LogP contribution in [0.15, 0.2) is 60.8 Å². The Kier molecular flexibility index (Phi) is 5.91. The number of amides is 1. The molecule has 0 atom stereocenters. The predicted octanol–water partition coefficient (Wildman–Crippen LogP) is 4.83. The normalized spacial score (nSPS) is 10.2. The fourth-order valence-corrected chi connectivity index (χ4v) is 2.71. The monoisotopic (exact) mass is 395 g/mol. The summed E-state index contributed by atoms with van der Waals surface area (Å²) in [7, 11) is 1.32. The SMILES string of the molecule is COC(=O)c1ccccc1Nc1ccnc(C(=O)Nc2ccc(C)c(Cl)c2)c1. The Balaban J connectivity index is 1.80. The van der Waals surface area contributed by atoms with Gasteiger partial charge in [0.25, 0.3) is 5.91 Å². The molecule has 0 aliphatic rings. The minimum Gasteiger partial charge on any atom is -0.465 e. The number of halogens is 1. The quantitative estimate of drug-likeness (QED) is 0.605. The molecule has 0 unspecified atom stereocenters. The number of para-hydroxylation sites is 1. The molecule has 142 valence electrons. The van der Waals surface area contributed by atoms with Crippen LogP contribution in [0.1, 0.15) is 26.4 Å². The molecule has 1 aromatic heterocycles. The van der Waals surface area contributed by atoms with E-state index in [-0.39, 0.29) is 11.6 Å². The van der Waals surface area contributed by atoms with Crippen molar-refractivity contribution in [2.24, 2.45) is 0 Å². The second kappa shape index (κ2) is 8.54. The molecule has 0 radical (unpaired) electrons. The molecule has 0 aliphatic heterocycles. The average molecular weight is 396 g/mol. The highest BCUT2D eigenvalue weighted by Crippen LogP contribution is 2.23. The van der Waals surface area contributed by atoms with Gasteiger partial charge < -0.3 is 15.4 Å². The Bertz CT molecular complexity index is 1040. The summed E-state index contributed by atoms with van der Waals surface area (Å²) in [5.74, 6) is -0.823. The van der Waals surface area contributed by atoms with Crippen molar-refractivity contribution in [3.8, 4) is 0 Å². The van der Waals surface area contributed by atoms with Gasteiger partial charge in [-0.2, -0.15) is 0 Å². The standard InChI is InChI=1S/C21H18ClN3O3/c1-13-7-8-14(11-17(13)22)25-20(26)19-12-15(9-10-23-19)24-18-6-4-3-5-16(18)21(27)28-2/h3-12H,1-2H3,(H,23,24)(H,25,26). The number of aryl methyl sites for hydroxylation is 1. The lowest BCUT2D eigenvalue weighted by Crippen LogP contribution is -2.14. The van der Waals surface area contributed by atoms with Gasteiger partial charge in [-0.15, -0.1) is 0 Å². The topological polar surface area (TPSA) is 80.3 Å². The first-order chi connectivity index (χ1) is 13.5. The summed E-state index contributed by atoms with van der Waals surface area (Å²) in [6.07, 6.45) is 1.51. The molecule has 0 saturated heterocycles. The van der Waals surface area contributed by atoms with Crippen molar-refractivity contribution in [1.29, 1.82) is 0 Å². The highest BCUT2D eigenvalue weighted by atomic mass is 35.5.